The maximum atomic E-state index is 12.5. The average Bonchev–Trinajstić information content (AvgIpc) is 3.16. The molecule has 0 N–H and O–H groups in total. The summed E-state index contributed by atoms with van der Waals surface area (Å²) in [6.45, 7) is 3.26. The highest BCUT2D eigenvalue weighted by molar-refractivity contribution is 7.91. The SMILES string of the molecule is Cc1nc(CC(=O)N2CCN(S(=O)(=O)c3ccc(Cl)s3)CC2)cs1. The molecule has 1 aliphatic rings. The first-order chi connectivity index (χ1) is 11.4. The van der Waals surface area contributed by atoms with Crippen molar-refractivity contribution in [1.29, 1.82) is 0 Å². The number of aromatic nitrogens is 1. The second-order valence-electron chi connectivity index (χ2n) is 5.38. The molecule has 24 heavy (non-hydrogen) atoms. The molecule has 0 spiro atoms. The minimum absolute atomic E-state index is 0.0171. The van der Waals surface area contributed by atoms with Crippen molar-refractivity contribution in [1.82, 2.24) is 14.2 Å². The molecule has 0 aromatic carbocycles. The normalized spacial score (nSPS) is 16.5. The van der Waals surface area contributed by atoms with E-state index < -0.39 is 10.0 Å². The van der Waals surface area contributed by atoms with E-state index >= 15 is 0 Å². The maximum Gasteiger partial charge on any atom is 0.252 e. The third-order valence-electron chi connectivity index (χ3n) is 3.73. The predicted octanol–water partition coefficient (Wildman–Crippen LogP) is 2.24. The van der Waals surface area contributed by atoms with Gasteiger partial charge in [-0.2, -0.15) is 4.31 Å². The fourth-order valence-electron chi connectivity index (χ4n) is 2.50. The highest BCUT2D eigenvalue weighted by Crippen LogP contribution is 2.28. The number of aryl methyl sites for hydroxylation is 1. The Bertz CT molecular complexity index is 838. The molecule has 0 saturated carbocycles. The van der Waals surface area contributed by atoms with Crippen molar-refractivity contribution >= 4 is 50.2 Å². The van der Waals surface area contributed by atoms with Gasteiger partial charge in [0.25, 0.3) is 10.0 Å². The standard InChI is InChI=1S/C14H16ClN3O3S3/c1-10-16-11(9-22-10)8-13(19)17-4-6-18(7-5-17)24(20,21)14-3-2-12(15)23-14/h2-3,9H,4-8H2,1H3. The molecule has 1 amide bonds. The molecule has 1 fully saturated rings. The fraction of sp³-hybridized carbons (Fsp3) is 0.429. The monoisotopic (exact) mass is 405 g/mol. The van der Waals surface area contributed by atoms with E-state index in [4.69, 9.17) is 11.6 Å². The van der Waals surface area contributed by atoms with Crippen molar-refractivity contribution in [2.45, 2.75) is 17.6 Å². The van der Waals surface area contributed by atoms with Crippen LogP contribution in [0.2, 0.25) is 4.34 Å². The van der Waals surface area contributed by atoms with Crippen LogP contribution in [0, 0.1) is 6.92 Å². The molecule has 10 heteroatoms. The molecule has 0 atom stereocenters. The molecule has 0 bridgehead atoms. The quantitative estimate of drug-likeness (QED) is 0.782. The number of hydrogen-bond acceptors (Lipinski definition) is 6. The summed E-state index contributed by atoms with van der Waals surface area (Å²) in [5, 5.41) is 2.82. The first kappa shape index (κ1) is 17.8. The van der Waals surface area contributed by atoms with Gasteiger partial charge in [0, 0.05) is 31.6 Å². The minimum atomic E-state index is -3.53. The highest BCUT2D eigenvalue weighted by Gasteiger charge is 2.31. The molecular formula is C14H16ClN3O3S3. The second kappa shape index (κ2) is 7.09. The van der Waals surface area contributed by atoms with Crippen molar-refractivity contribution in [3.8, 4) is 0 Å². The summed E-state index contributed by atoms with van der Waals surface area (Å²) in [6, 6.07) is 3.10. The van der Waals surface area contributed by atoms with Gasteiger partial charge in [-0.3, -0.25) is 4.79 Å². The molecule has 130 valence electrons. The number of carbonyl (C=O) groups excluding carboxylic acids is 1. The Morgan fingerprint density at radius 3 is 2.54 bits per heavy atom. The van der Waals surface area contributed by atoms with Gasteiger partial charge in [-0.05, 0) is 19.1 Å². The van der Waals surface area contributed by atoms with Crippen molar-refractivity contribution < 1.29 is 13.2 Å². The van der Waals surface area contributed by atoms with E-state index in [0.717, 1.165) is 22.0 Å². The molecular weight excluding hydrogens is 390 g/mol. The number of hydrogen-bond donors (Lipinski definition) is 0. The van der Waals surface area contributed by atoms with Crippen LogP contribution in [0.1, 0.15) is 10.7 Å². The number of thiophene rings is 1. The third kappa shape index (κ3) is 3.80. The zero-order chi connectivity index (χ0) is 17.3. The lowest BCUT2D eigenvalue weighted by atomic mass is 10.2. The van der Waals surface area contributed by atoms with Gasteiger partial charge < -0.3 is 4.90 Å². The van der Waals surface area contributed by atoms with E-state index in [-0.39, 0.29) is 16.5 Å². The number of amides is 1. The minimum Gasteiger partial charge on any atom is -0.340 e. The van der Waals surface area contributed by atoms with Gasteiger partial charge >= 0.3 is 0 Å². The lowest BCUT2D eigenvalue weighted by Crippen LogP contribution is -2.50. The summed E-state index contributed by atoms with van der Waals surface area (Å²) in [4.78, 5) is 18.3. The number of nitrogens with zero attached hydrogens (tertiary/aromatic N) is 3. The van der Waals surface area contributed by atoms with Crippen LogP contribution in [0.5, 0.6) is 0 Å². The van der Waals surface area contributed by atoms with Gasteiger partial charge in [0.05, 0.1) is 21.5 Å². The van der Waals surface area contributed by atoms with Crippen LogP contribution in [0.3, 0.4) is 0 Å². The Labute approximate surface area is 153 Å². The first-order valence-electron chi connectivity index (χ1n) is 7.30. The molecule has 3 rings (SSSR count). The van der Waals surface area contributed by atoms with E-state index in [9.17, 15) is 13.2 Å². The van der Waals surface area contributed by atoms with Crippen LogP contribution in [-0.4, -0.2) is 54.7 Å². The maximum absolute atomic E-state index is 12.5. The number of carbonyl (C=O) groups is 1. The van der Waals surface area contributed by atoms with Crippen LogP contribution >= 0.6 is 34.3 Å². The summed E-state index contributed by atoms with van der Waals surface area (Å²) in [6.07, 6.45) is 0.262. The fourth-order valence-corrected chi connectivity index (χ4v) is 6.17. The molecule has 2 aromatic rings. The lowest BCUT2D eigenvalue weighted by molar-refractivity contribution is -0.131. The Morgan fingerprint density at radius 1 is 1.29 bits per heavy atom. The van der Waals surface area contributed by atoms with Crippen LogP contribution in [0.4, 0.5) is 0 Å². The van der Waals surface area contributed by atoms with Crippen LogP contribution < -0.4 is 0 Å². The Balaban J connectivity index is 1.60. The molecule has 2 aromatic heterocycles. The lowest BCUT2D eigenvalue weighted by Gasteiger charge is -2.33. The number of rotatable bonds is 4. The van der Waals surface area contributed by atoms with Crippen molar-refractivity contribution in [2.75, 3.05) is 26.2 Å². The molecule has 6 nitrogen and oxygen atoms in total. The number of sulfonamides is 1. The molecule has 3 heterocycles. The zero-order valence-electron chi connectivity index (χ0n) is 12.9. The van der Waals surface area contributed by atoms with Crippen LogP contribution in [0.25, 0.3) is 0 Å². The van der Waals surface area contributed by atoms with Crippen molar-refractivity contribution in [2.24, 2.45) is 0 Å². The van der Waals surface area contributed by atoms with Gasteiger partial charge in [0.15, 0.2) is 0 Å². The van der Waals surface area contributed by atoms with Gasteiger partial charge in [0.2, 0.25) is 5.91 Å². The van der Waals surface area contributed by atoms with Gasteiger partial charge in [-0.1, -0.05) is 11.6 Å². The summed E-state index contributed by atoms with van der Waals surface area (Å²) in [7, 11) is -3.53. The summed E-state index contributed by atoms with van der Waals surface area (Å²) in [5.41, 5.74) is 0.769. The van der Waals surface area contributed by atoms with Gasteiger partial charge in [0.1, 0.15) is 4.21 Å². The largest absolute Gasteiger partial charge is 0.340 e. The summed E-state index contributed by atoms with van der Waals surface area (Å²) in [5.74, 6) is -0.0171. The van der Waals surface area contributed by atoms with Gasteiger partial charge in [-0.15, -0.1) is 22.7 Å². The summed E-state index contributed by atoms with van der Waals surface area (Å²) >= 11 is 8.39. The predicted molar refractivity (Wildman–Crippen MR) is 95.2 cm³/mol. The van der Waals surface area contributed by atoms with Crippen molar-refractivity contribution in [3.05, 3.63) is 32.6 Å². The average molecular weight is 406 g/mol. The van der Waals surface area contributed by atoms with E-state index in [0.29, 0.717) is 30.5 Å². The van der Waals surface area contributed by atoms with Gasteiger partial charge in [-0.25, -0.2) is 13.4 Å². The molecule has 0 unspecified atom stereocenters. The van der Waals surface area contributed by atoms with E-state index in [2.05, 4.69) is 4.98 Å². The number of thiazole rings is 1. The van der Waals surface area contributed by atoms with Crippen LogP contribution in [0.15, 0.2) is 21.7 Å². The van der Waals surface area contributed by atoms with E-state index in [1.807, 2.05) is 12.3 Å². The smallest absolute Gasteiger partial charge is 0.252 e. The number of halogens is 1. The Morgan fingerprint density at radius 2 is 2.00 bits per heavy atom. The highest BCUT2D eigenvalue weighted by atomic mass is 35.5. The zero-order valence-corrected chi connectivity index (χ0v) is 16.1. The van der Waals surface area contributed by atoms with Crippen LogP contribution in [-0.2, 0) is 21.2 Å². The molecule has 1 saturated heterocycles. The molecule has 0 radical (unpaired) electrons. The Hall–Kier alpha value is -1.000. The van der Waals surface area contributed by atoms with Crippen molar-refractivity contribution in [3.63, 3.8) is 0 Å². The van der Waals surface area contributed by atoms with E-state index in [1.54, 1.807) is 11.0 Å². The topological polar surface area (TPSA) is 70.6 Å². The molecule has 1 aliphatic heterocycles. The second-order valence-corrected chi connectivity index (χ2v) is 10.3. The third-order valence-corrected chi connectivity index (χ3v) is 8.15. The Kier molecular flexibility index (Phi) is 5.26. The summed E-state index contributed by atoms with van der Waals surface area (Å²) < 4.78 is 27.2. The first-order valence-corrected chi connectivity index (χ1v) is 10.8. The van der Waals surface area contributed by atoms with E-state index in [1.165, 1.54) is 21.7 Å². The number of piperazine rings is 1. The molecule has 0 aliphatic carbocycles.